The van der Waals surface area contributed by atoms with E-state index in [1.807, 2.05) is 0 Å². The van der Waals surface area contributed by atoms with E-state index in [-0.39, 0.29) is 13.2 Å². The molecule has 16 heavy (non-hydrogen) atoms. The van der Waals surface area contributed by atoms with Crippen LogP contribution in [0.3, 0.4) is 0 Å². The fourth-order valence-electron chi connectivity index (χ4n) is 1.32. The Bertz CT molecular complexity index is 458. The average Bonchev–Trinajstić information content (AvgIpc) is 2.77. The Morgan fingerprint density at radius 1 is 1.00 bits per heavy atom. The summed E-state index contributed by atoms with van der Waals surface area (Å²) in [7, 11) is 0. The Hall–Kier alpha value is -1.79. The molecule has 1 aromatic carbocycles. The van der Waals surface area contributed by atoms with Crippen molar-refractivity contribution in [1.82, 2.24) is 0 Å². The predicted octanol–water partition coefficient (Wildman–Crippen LogP) is 1.60. The van der Waals surface area contributed by atoms with Crippen molar-refractivity contribution in [2.75, 3.05) is 18.9 Å². The molecule has 86 valence electrons. The molecule has 0 amide bonds. The first kappa shape index (κ1) is 10.7. The highest BCUT2D eigenvalue weighted by atomic mass is 19.2. The van der Waals surface area contributed by atoms with Gasteiger partial charge >= 0.3 is 0 Å². The van der Waals surface area contributed by atoms with E-state index in [2.05, 4.69) is 4.99 Å². The molecule has 2 rings (SSSR count). The van der Waals surface area contributed by atoms with Crippen molar-refractivity contribution in [3.05, 3.63) is 28.8 Å². The lowest BCUT2D eigenvalue weighted by Crippen LogP contribution is -2.14. The quantitative estimate of drug-likeness (QED) is 0.455. The monoisotopic (exact) mass is 234 g/mol. The van der Waals surface area contributed by atoms with Gasteiger partial charge in [0.25, 0.3) is 0 Å². The molecule has 0 bridgehead atoms. The van der Waals surface area contributed by atoms with E-state index in [1.54, 1.807) is 0 Å². The highest BCUT2D eigenvalue weighted by molar-refractivity contribution is 5.96. The van der Waals surface area contributed by atoms with Crippen molar-refractivity contribution in [3.63, 3.8) is 0 Å². The van der Waals surface area contributed by atoms with Gasteiger partial charge in [0.2, 0.25) is 5.90 Å². The second-order valence-corrected chi connectivity index (χ2v) is 3.08. The maximum atomic E-state index is 13.3. The SMILES string of the molecule is Nc1c(F)c(F)c(C2=NCCO2)c(F)c1F. The number of benzene rings is 1. The number of ether oxygens (including phenoxy) is 1. The summed E-state index contributed by atoms with van der Waals surface area (Å²) in [4.78, 5) is 3.58. The number of hydrogen-bond acceptors (Lipinski definition) is 3. The number of halogens is 4. The highest BCUT2D eigenvalue weighted by Gasteiger charge is 2.29. The third-order valence-corrected chi connectivity index (χ3v) is 2.10. The minimum absolute atomic E-state index is 0.113. The second kappa shape index (κ2) is 3.66. The van der Waals surface area contributed by atoms with E-state index in [4.69, 9.17) is 10.5 Å². The summed E-state index contributed by atoms with van der Waals surface area (Å²) in [5.41, 5.74) is 2.69. The van der Waals surface area contributed by atoms with E-state index in [1.165, 1.54) is 0 Å². The fourth-order valence-corrected chi connectivity index (χ4v) is 1.32. The van der Waals surface area contributed by atoms with Crippen molar-refractivity contribution < 1.29 is 22.3 Å². The lowest BCUT2D eigenvalue weighted by molar-refractivity contribution is 0.342. The maximum Gasteiger partial charge on any atom is 0.222 e. The lowest BCUT2D eigenvalue weighted by atomic mass is 10.1. The highest BCUT2D eigenvalue weighted by Crippen LogP contribution is 2.27. The number of rotatable bonds is 1. The molecule has 0 fully saturated rings. The molecule has 7 heteroatoms. The smallest absolute Gasteiger partial charge is 0.222 e. The van der Waals surface area contributed by atoms with E-state index in [9.17, 15) is 17.6 Å². The third-order valence-electron chi connectivity index (χ3n) is 2.10. The zero-order valence-electron chi connectivity index (χ0n) is 7.86. The van der Waals surface area contributed by atoms with Crippen LogP contribution in [0, 0.1) is 23.3 Å². The average molecular weight is 234 g/mol. The number of nitrogens with zero attached hydrogens (tertiary/aromatic N) is 1. The zero-order valence-corrected chi connectivity index (χ0v) is 7.86. The molecule has 0 aromatic heterocycles. The number of hydrogen-bond donors (Lipinski definition) is 1. The van der Waals surface area contributed by atoms with Gasteiger partial charge in [-0.15, -0.1) is 0 Å². The van der Waals surface area contributed by atoms with Gasteiger partial charge in [0, 0.05) is 0 Å². The van der Waals surface area contributed by atoms with Crippen LogP contribution in [0.25, 0.3) is 0 Å². The second-order valence-electron chi connectivity index (χ2n) is 3.08. The van der Waals surface area contributed by atoms with Crippen molar-refractivity contribution in [1.29, 1.82) is 0 Å². The first-order valence-corrected chi connectivity index (χ1v) is 4.33. The summed E-state index contributed by atoms with van der Waals surface area (Å²) in [6.45, 7) is 0.295. The van der Waals surface area contributed by atoms with Crippen LogP contribution in [0.2, 0.25) is 0 Å². The molecule has 1 aliphatic heterocycles. The van der Waals surface area contributed by atoms with Crippen LogP contribution >= 0.6 is 0 Å². The van der Waals surface area contributed by atoms with Crippen molar-refractivity contribution >= 4 is 11.6 Å². The molecule has 2 N–H and O–H groups in total. The number of nitrogens with two attached hydrogens (primary N) is 1. The van der Waals surface area contributed by atoms with Gasteiger partial charge in [0.15, 0.2) is 23.3 Å². The van der Waals surface area contributed by atoms with Crippen LogP contribution < -0.4 is 5.73 Å². The van der Waals surface area contributed by atoms with Crippen LogP contribution in [0.1, 0.15) is 5.56 Å². The minimum atomic E-state index is -1.65. The molecule has 0 atom stereocenters. The van der Waals surface area contributed by atoms with E-state index in [0.29, 0.717) is 0 Å². The summed E-state index contributed by atoms with van der Waals surface area (Å²) in [6, 6.07) is 0. The lowest BCUT2D eigenvalue weighted by Gasteiger charge is -2.08. The minimum Gasteiger partial charge on any atom is -0.475 e. The van der Waals surface area contributed by atoms with Gasteiger partial charge in [-0.3, -0.25) is 0 Å². The van der Waals surface area contributed by atoms with Crippen LogP contribution in [-0.2, 0) is 4.74 Å². The van der Waals surface area contributed by atoms with Crippen LogP contribution in [0.15, 0.2) is 4.99 Å². The molecule has 0 saturated carbocycles. The summed E-state index contributed by atoms with van der Waals surface area (Å²) in [5, 5.41) is 0. The van der Waals surface area contributed by atoms with Gasteiger partial charge in [-0.1, -0.05) is 0 Å². The van der Waals surface area contributed by atoms with Crippen LogP contribution in [-0.4, -0.2) is 19.0 Å². The van der Waals surface area contributed by atoms with Crippen LogP contribution in [0.4, 0.5) is 23.2 Å². The van der Waals surface area contributed by atoms with E-state index in [0.717, 1.165) is 0 Å². The summed E-state index contributed by atoms with van der Waals surface area (Å²) >= 11 is 0. The molecule has 1 aromatic rings. The first-order chi connectivity index (χ1) is 7.54. The maximum absolute atomic E-state index is 13.3. The van der Waals surface area contributed by atoms with Crippen molar-refractivity contribution in [2.24, 2.45) is 4.99 Å². The predicted molar refractivity (Wildman–Crippen MR) is 48.0 cm³/mol. The molecule has 1 heterocycles. The largest absolute Gasteiger partial charge is 0.475 e. The van der Waals surface area contributed by atoms with Crippen LogP contribution in [0.5, 0.6) is 0 Å². The zero-order chi connectivity index (χ0) is 11.9. The molecule has 0 unspecified atom stereocenters. The van der Waals surface area contributed by atoms with E-state index >= 15 is 0 Å². The first-order valence-electron chi connectivity index (χ1n) is 4.33. The fraction of sp³-hybridized carbons (Fsp3) is 0.222. The van der Waals surface area contributed by atoms with Crippen molar-refractivity contribution in [2.45, 2.75) is 0 Å². The van der Waals surface area contributed by atoms with Gasteiger partial charge in [0.05, 0.1) is 6.54 Å². The number of aliphatic imine (C=N–C) groups is 1. The summed E-state index contributed by atoms with van der Waals surface area (Å²) in [6.07, 6.45) is 0. The number of anilines is 1. The normalized spacial score (nSPS) is 14.9. The Labute approximate surface area is 87.5 Å². The Morgan fingerprint density at radius 3 is 2.00 bits per heavy atom. The molecular formula is C9H6F4N2O. The van der Waals surface area contributed by atoms with Gasteiger partial charge < -0.3 is 10.5 Å². The molecule has 0 saturated heterocycles. The van der Waals surface area contributed by atoms with Gasteiger partial charge in [-0.2, -0.15) is 0 Å². The molecule has 1 aliphatic rings. The van der Waals surface area contributed by atoms with Gasteiger partial charge in [-0.25, -0.2) is 22.6 Å². The van der Waals surface area contributed by atoms with Crippen molar-refractivity contribution in [3.8, 4) is 0 Å². The van der Waals surface area contributed by atoms with E-state index < -0.39 is 40.4 Å². The molecule has 0 spiro atoms. The molecule has 3 nitrogen and oxygen atoms in total. The molecule has 0 radical (unpaired) electrons. The summed E-state index contributed by atoms with van der Waals surface area (Å²) in [5.74, 6) is -6.94. The number of nitrogen functional groups attached to an aromatic ring is 1. The molecular weight excluding hydrogens is 228 g/mol. The Morgan fingerprint density at radius 2 is 1.56 bits per heavy atom. The Kier molecular flexibility index (Phi) is 2.45. The summed E-state index contributed by atoms with van der Waals surface area (Å²) < 4.78 is 57.5. The Balaban J connectivity index is 2.69. The topological polar surface area (TPSA) is 47.6 Å². The van der Waals surface area contributed by atoms with Gasteiger partial charge in [0.1, 0.15) is 17.9 Å². The van der Waals surface area contributed by atoms with Gasteiger partial charge in [-0.05, 0) is 0 Å². The standard InChI is InChI=1S/C9H6F4N2O/c10-4-3(9-15-1-2-16-9)5(11)7(13)8(14)6(4)12/h1-2,14H2. The third kappa shape index (κ3) is 1.39. The molecule has 0 aliphatic carbocycles.